The largest absolute Gasteiger partial charge is 0.494 e. The highest BCUT2D eigenvalue weighted by atomic mass is 16.5. The van der Waals surface area contributed by atoms with E-state index < -0.39 is 0 Å². The van der Waals surface area contributed by atoms with Crippen LogP contribution in [0.1, 0.15) is 18.5 Å². The van der Waals surface area contributed by atoms with Crippen LogP contribution in [0.15, 0.2) is 72.4 Å². The third-order valence-corrected chi connectivity index (χ3v) is 3.65. The molecule has 2 aromatic heterocycles. The number of unbranched alkanes of at least 4 members (excludes halogenated alkanes) is 1. The molecule has 3 aromatic rings. The average Bonchev–Trinajstić information content (AvgIpc) is 3.17. The summed E-state index contributed by atoms with van der Waals surface area (Å²) in [5, 5.41) is 0. The number of ether oxygens (including phenoxy) is 1. The van der Waals surface area contributed by atoms with Crippen LogP contribution >= 0.6 is 0 Å². The van der Waals surface area contributed by atoms with Gasteiger partial charge in [-0.05, 0) is 49.2 Å². The predicted octanol–water partition coefficient (Wildman–Crippen LogP) is 3.17. The summed E-state index contributed by atoms with van der Waals surface area (Å²) in [6.07, 6.45) is 9.33. The highest BCUT2D eigenvalue weighted by Gasteiger charge is 2.00. The number of amidine groups is 1. The van der Waals surface area contributed by atoms with E-state index in [9.17, 15) is 0 Å². The topological polar surface area (TPSA) is 78.3 Å². The van der Waals surface area contributed by atoms with Gasteiger partial charge in [0.2, 0.25) is 0 Å². The van der Waals surface area contributed by atoms with Crippen LogP contribution in [0, 0.1) is 0 Å². The van der Waals surface area contributed by atoms with Gasteiger partial charge in [0.25, 0.3) is 0 Å². The Labute approximate surface area is 147 Å². The first-order chi connectivity index (χ1) is 12.3. The van der Waals surface area contributed by atoms with Crippen molar-refractivity contribution in [3.63, 3.8) is 0 Å². The first-order valence-corrected chi connectivity index (χ1v) is 8.25. The van der Waals surface area contributed by atoms with Crippen LogP contribution in [-0.4, -0.2) is 27.0 Å². The minimum atomic E-state index is 0.397. The number of benzene rings is 1. The van der Waals surface area contributed by atoms with Crippen molar-refractivity contribution in [2.75, 3.05) is 6.61 Å². The second-order valence-electron chi connectivity index (χ2n) is 5.56. The van der Waals surface area contributed by atoms with Crippen LogP contribution in [0.2, 0.25) is 0 Å². The van der Waals surface area contributed by atoms with Gasteiger partial charge in [-0.25, -0.2) is 9.98 Å². The molecule has 3 rings (SSSR count). The van der Waals surface area contributed by atoms with Gasteiger partial charge in [-0.1, -0.05) is 6.07 Å². The maximum absolute atomic E-state index is 5.97. The monoisotopic (exact) mass is 335 g/mol. The van der Waals surface area contributed by atoms with Gasteiger partial charge in [0.15, 0.2) is 0 Å². The molecular formula is C19H21N5O. The van der Waals surface area contributed by atoms with E-state index in [1.807, 2.05) is 55.0 Å². The van der Waals surface area contributed by atoms with Crippen molar-refractivity contribution in [2.24, 2.45) is 10.7 Å². The lowest BCUT2D eigenvalue weighted by atomic mass is 10.3. The lowest BCUT2D eigenvalue weighted by Crippen LogP contribution is -2.14. The Morgan fingerprint density at radius 3 is 2.68 bits per heavy atom. The van der Waals surface area contributed by atoms with Crippen LogP contribution in [0.5, 0.6) is 5.75 Å². The van der Waals surface area contributed by atoms with Crippen molar-refractivity contribution in [2.45, 2.75) is 19.4 Å². The third kappa shape index (κ3) is 5.17. The molecule has 0 bridgehead atoms. The summed E-state index contributed by atoms with van der Waals surface area (Å²) in [4.78, 5) is 12.6. The zero-order chi connectivity index (χ0) is 17.3. The molecule has 2 N–H and O–H groups in total. The summed E-state index contributed by atoms with van der Waals surface area (Å²) in [6.45, 7) is 1.65. The number of pyridine rings is 1. The zero-order valence-electron chi connectivity index (χ0n) is 14.0. The minimum Gasteiger partial charge on any atom is -0.494 e. The van der Waals surface area contributed by atoms with E-state index in [0.717, 1.165) is 30.8 Å². The number of imidazole rings is 1. The third-order valence-electron chi connectivity index (χ3n) is 3.65. The number of hydrogen-bond acceptors (Lipinski definition) is 4. The molecule has 0 saturated carbocycles. The summed E-state index contributed by atoms with van der Waals surface area (Å²) in [7, 11) is 0. The Bertz CT molecular complexity index is 782. The Morgan fingerprint density at radius 1 is 1.08 bits per heavy atom. The molecule has 25 heavy (non-hydrogen) atoms. The van der Waals surface area contributed by atoms with Gasteiger partial charge in [-0.3, -0.25) is 4.98 Å². The molecule has 0 radical (unpaired) electrons. The molecule has 0 unspecified atom stereocenters. The number of nitrogens with zero attached hydrogens (tertiary/aromatic N) is 4. The van der Waals surface area contributed by atoms with E-state index in [1.165, 1.54) is 0 Å². The molecule has 0 aliphatic heterocycles. The summed E-state index contributed by atoms with van der Waals surface area (Å²) in [6, 6.07) is 13.1. The standard InChI is InChI=1S/C19H21N5O/c20-19(18-5-1-2-10-22-18)23-16-6-8-17(9-7-16)25-14-4-3-12-24-13-11-21-15-24/h1-2,5-11,13,15H,3-4,12,14H2,(H2,20,23). The summed E-state index contributed by atoms with van der Waals surface area (Å²) >= 11 is 0. The number of aryl methyl sites for hydroxylation is 1. The zero-order valence-corrected chi connectivity index (χ0v) is 14.0. The lowest BCUT2D eigenvalue weighted by Gasteiger charge is -2.07. The Morgan fingerprint density at radius 2 is 1.96 bits per heavy atom. The van der Waals surface area contributed by atoms with Crippen LogP contribution in [-0.2, 0) is 6.54 Å². The highest BCUT2D eigenvalue weighted by Crippen LogP contribution is 2.19. The molecule has 0 aliphatic carbocycles. The van der Waals surface area contributed by atoms with Crippen LogP contribution in [0.25, 0.3) is 0 Å². The quantitative estimate of drug-likeness (QED) is 0.389. The lowest BCUT2D eigenvalue weighted by molar-refractivity contribution is 0.303. The molecule has 0 spiro atoms. The average molecular weight is 335 g/mol. The second-order valence-corrected chi connectivity index (χ2v) is 5.56. The van der Waals surface area contributed by atoms with Crippen molar-refractivity contribution >= 4 is 11.5 Å². The van der Waals surface area contributed by atoms with Crippen LogP contribution < -0.4 is 10.5 Å². The van der Waals surface area contributed by atoms with Crippen molar-refractivity contribution in [1.82, 2.24) is 14.5 Å². The highest BCUT2D eigenvalue weighted by molar-refractivity contribution is 5.97. The van der Waals surface area contributed by atoms with E-state index >= 15 is 0 Å². The maximum atomic E-state index is 5.97. The van der Waals surface area contributed by atoms with Crippen molar-refractivity contribution in [3.05, 3.63) is 73.1 Å². The number of hydrogen-bond donors (Lipinski definition) is 1. The molecule has 6 heteroatoms. The molecule has 1 aromatic carbocycles. The predicted molar refractivity (Wildman–Crippen MR) is 98.0 cm³/mol. The molecule has 128 valence electrons. The number of rotatable bonds is 8. The summed E-state index contributed by atoms with van der Waals surface area (Å²) in [5.74, 6) is 1.23. The summed E-state index contributed by atoms with van der Waals surface area (Å²) in [5.41, 5.74) is 7.41. The van der Waals surface area contributed by atoms with Crippen LogP contribution in [0.3, 0.4) is 0 Å². The van der Waals surface area contributed by atoms with E-state index in [-0.39, 0.29) is 0 Å². The normalized spacial score (nSPS) is 11.4. The van der Waals surface area contributed by atoms with Gasteiger partial charge in [-0.2, -0.15) is 0 Å². The van der Waals surface area contributed by atoms with Crippen molar-refractivity contribution in [1.29, 1.82) is 0 Å². The van der Waals surface area contributed by atoms with Gasteiger partial charge in [0.05, 0.1) is 18.6 Å². The number of aliphatic imine (C=N–C) groups is 1. The van der Waals surface area contributed by atoms with E-state index in [4.69, 9.17) is 10.5 Å². The first-order valence-electron chi connectivity index (χ1n) is 8.25. The summed E-state index contributed by atoms with van der Waals surface area (Å²) < 4.78 is 7.82. The molecule has 0 atom stereocenters. The second kappa shape index (κ2) is 8.63. The fourth-order valence-corrected chi connectivity index (χ4v) is 2.33. The number of aromatic nitrogens is 3. The Balaban J connectivity index is 1.45. The van der Waals surface area contributed by atoms with Crippen LogP contribution in [0.4, 0.5) is 5.69 Å². The van der Waals surface area contributed by atoms with E-state index in [2.05, 4.69) is 19.5 Å². The molecule has 0 aliphatic rings. The molecular weight excluding hydrogens is 314 g/mol. The maximum Gasteiger partial charge on any atom is 0.150 e. The van der Waals surface area contributed by atoms with Crippen molar-refractivity contribution < 1.29 is 4.74 Å². The van der Waals surface area contributed by atoms with Gasteiger partial charge in [-0.15, -0.1) is 0 Å². The molecule has 0 amide bonds. The van der Waals surface area contributed by atoms with E-state index in [0.29, 0.717) is 18.1 Å². The molecule has 2 heterocycles. The van der Waals surface area contributed by atoms with Gasteiger partial charge >= 0.3 is 0 Å². The van der Waals surface area contributed by atoms with Gasteiger partial charge in [0, 0.05) is 25.1 Å². The number of nitrogens with two attached hydrogens (primary N) is 1. The first kappa shape index (κ1) is 16.7. The smallest absolute Gasteiger partial charge is 0.150 e. The minimum absolute atomic E-state index is 0.397. The molecule has 6 nitrogen and oxygen atoms in total. The van der Waals surface area contributed by atoms with E-state index in [1.54, 1.807) is 12.4 Å². The van der Waals surface area contributed by atoms with Gasteiger partial charge in [0.1, 0.15) is 17.3 Å². The molecule has 0 fully saturated rings. The van der Waals surface area contributed by atoms with Crippen molar-refractivity contribution in [3.8, 4) is 5.75 Å². The van der Waals surface area contributed by atoms with Gasteiger partial charge < -0.3 is 15.0 Å². The fraction of sp³-hybridized carbons (Fsp3) is 0.211. The SMILES string of the molecule is NC(=Nc1ccc(OCCCCn2ccnc2)cc1)c1ccccn1. The Kier molecular flexibility index (Phi) is 5.77. The molecule has 0 saturated heterocycles. The Hall–Kier alpha value is -3.15. The fourth-order valence-electron chi connectivity index (χ4n) is 2.33.